The minimum absolute atomic E-state index is 0.0936. The highest BCUT2D eigenvalue weighted by Crippen LogP contribution is 2.22. The summed E-state index contributed by atoms with van der Waals surface area (Å²) in [5, 5.41) is 0. The van der Waals surface area contributed by atoms with E-state index < -0.39 is 0 Å². The Balaban J connectivity index is 1.82. The Bertz CT molecular complexity index is 594. The third kappa shape index (κ3) is 2.32. The van der Waals surface area contributed by atoms with Crippen LogP contribution in [0.5, 0.6) is 0 Å². The number of nitrogens with two attached hydrogens (primary N) is 1. The van der Waals surface area contributed by atoms with Crippen molar-refractivity contribution in [1.82, 2.24) is 9.88 Å². The number of rotatable bonds is 3. The van der Waals surface area contributed by atoms with Gasteiger partial charge in [0.25, 0.3) is 5.91 Å². The summed E-state index contributed by atoms with van der Waals surface area (Å²) in [5.74, 6) is 0.376. The molecule has 1 saturated heterocycles. The molecule has 0 bridgehead atoms. The Kier molecular flexibility index (Phi) is 3.52. The van der Waals surface area contributed by atoms with Crippen LogP contribution in [-0.2, 0) is 0 Å². The van der Waals surface area contributed by atoms with Gasteiger partial charge in [-0.05, 0) is 25.0 Å². The minimum atomic E-state index is -0.0936. The van der Waals surface area contributed by atoms with Gasteiger partial charge in [-0.25, -0.2) is 4.98 Å². The largest absolute Gasteiger partial charge is 0.444 e. The van der Waals surface area contributed by atoms with Crippen molar-refractivity contribution in [3.63, 3.8) is 0 Å². The molecule has 2 aromatic rings. The fourth-order valence-corrected chi connectivity index (χ4v) is 2.58. The number of oxazole rings is 1. The van der Waals surface area contributed by atoms with Crippen LogP contribution in [0, 0.1) is 0 Å². The number of amides is 1. The van der Waals surface area contributed by atoms with Gasteiger partial charge in [-0.2, -0.15) is 0 Å². The quantitative estimate of drug-likeness (QED) is 0.925. The van der Waals surface area contributed by atoms with E-state index in [0.29, 0.717) is 18.1 Å². The molecule has 1 unspecified atom stereocenters. The highest BCUT2D eigenvalue weighted by Gasteiger charge is 2.30. The average Bonchev–Trinajstić information content (AvgIpc) is 3.16. The Morgan fingerprint density at radius 2 is 2.20 bits per heavy atom. The topological polar surface area (TPSA) is 72.4 Å². The van der Waals surface area contributed by atoms with Crippen LogP contribution < -0.4 is 5.73 Å². The van der Waals surface area contributed by atoms with E-state index in [1.807, 2.05) is 30.3 Å². The van der Waals surface area contributed by atoms with Gasteiger partial charge in [0.15, 0.2) is 5.69 Å². The molecule has 1 atom stereocenters. The van der Waals surface area contributed by atoms with Gasteiger partial charge in [0.05, 0.1) is 0 Å². The summed E-state index contributed by atoms with van der Waals surface area (Å²) < 4.78 is 5.41. The first-order valence-corrected chi connectivity index (χ1v) is 6.81. The summed E-state index contributed by atoms with van der Waals surface area (Å²) >= 11 is 0. The number of hydrogen-bond donors (Lipinski definition) is 1. The van der Waals surface area contributed by atoms with Crippen LogP contribution in [0.1, 0.15) is 23.3 Å². The molecule has 104 valence electrons. The molecule has 1 aliphatic heterocycles. The molecule has 1 amide bonds. The highest BCUT2D eigenvalue weighted by molar-refractivity contribution is 5.92. The van der Waals surface area contributed by atoms with Gasteiger partial charge in [0, 0.05) is 24.7 Å². The van der Waals surface area contributed by atoms with Crippen LogP contribution >= 0.6 is 0 Å². The van der Waals surface area contributed by atoms with Gasteiger partial charge < -0.3 is 15.1 Å². The monoisotopic (exact) mass is 271 g/mol. The molecule has 1 aliphatic rings. The lowest BCUT2D eigenvalue weighted by atomic mass is 10.2. The summed E-state index contributed by atoms with van der Waals surface area (Å²) in [6.07, 6.45) is 3.39. The summed E-state index contributed by atoms with van der Waals surface area (Å²) in [4.78, 5) is 18.5. The lowest BCUT2D eigenvalue weighted by Gasteiger charge is -2.22. The smallest absolute Gasteiger partial charge is 0.276 e. The van der Waals surface area contributed by atoms with Gasteiger partial charge in [-0.15, -0.1) is 0 Å². The predicted molar refractivity (Wildman–Crippen MR) is 75.1 cm³/mol. The molecule has 0 spiro atoms. The van der Waals surface area contributed by atoms with Gasteiger partial charge in [-0.3, -0.25) is 4.79 Å². The molecule has 3 rings (SSSR count). The Morgan fingerprint density at radius 1 is 1.40 bits per heavy atom. The van der Waals surface area contributed by atoms with E-state index in [4.69, 9.17) is 10.2 Å². The highest BCUT2D eigenvalue weighted by atomic mass is 16.3. The van der Waals surface area contributed by atoms with Crippen molar-refractivity contribution in [2.75, 3.05) is 13.1 Å². The van der Waals surface area contributed by atoms with Crippen molar-refractivity contribution in [3.05, 3.63) is 42.3 Å². The molecule has 5 nitrogen and oxygen atoms in total. The van der Waals surface area contributed by atoms with Crippen LogP contribution in [0.15, 0.2) is 41.0 Å². The molecular formula is C15H17N3O2. The molecule has 1 aromatic heterocycles. The number of likely N-dealkylation sites (tertiary alicyclic amines) is 1. The first kappa shape index (κ1) is 12.9. The third-order valence-corrected chi connectivity index (χ3v) is 3.65. The number of carbonyl (C=O) groups is 1. The van der Waals surface area contributed by atoms with Gasteiger partial charge >= 0.3 is 0 Å². The van der Waals surface area contributed by atoms with Crippen LogP contribution in [0.4, 0.5) is 0 Å². The maximum absolute atomic E-state index is 12.4. The van der Waals surface area contributed by atoms with E-state index in [2.05, 4.69) is 4.98 Å². The summed E-state index contributed by atoms with van der Waals surface area (Å²) in [6.45, 7) is 1.24. The minimum Gasteiger partial charge on any atom is -0.444 e. The summed E-state index contributed by atoms with van der Waals surface area (Å²) in [5.41, 5.74) is 6.91. The fraction of sp³-hybridized carbons (Fsp3) is 0.333. The van der Waals surface area contributed by atoms with Gasteiger partial charge in [0.2, 0.25) is 5.89 Å². The number of aromatic nitrogens is 1. The zero-order chi connectivity index (χ0) is 13.9. The van der Waals surface area contributed by atoms with E-state index in [-0.39, 0.29) is 11.9 Å². The third-order valence-electron chi connectivity index (χ3n) is 3.65. The van der Waals surface area contributed by atoms with Crippen molar-refractivity contribution in [2.24, 2.45) is 5.73 Å². The van der Waals surface area contributed by atoms with Crippen molar-refractivity contribution in [1.29, 1.82) is 0 Å². The van der Waals surface area contributed by atoms with Crippen LogP contribution in [-0.4, -0.2) is 34.9 Å². The SMILES string of the molecule is NCC1CCCN1C(=O)c1coc(-c2ccccc2)n1. The van der Waals surface area contributed by atoms with E-state index in [9.17, 15) is 4.79 Å². The zero-order valence-electron chi connectivity index (χ0n) is 11.2. The van der Waals surface area contributed by atoms with Gasteiger partial charge in [0.1, 0.15) is 6.26 Å². The number of benzene rings is 1. The Hall–Kier alpha value is -2.14. The van der Waals surface area contributed by atoms with Crippen molar-refractivity contribution >= 4 is 5.91 Å². The Labute approximate surface area is 117 Å². The average molecular weight is 271 g/mol. The van der Waals surface area contributed by atoms with Crippen molar-refractivity contribution < 1.29 is 9.21 Å². The zero-order valence-corrected chi connectivity index (χ0v) is 11.2. The van der Waals surface area contributed by atoms with Crippen molar-refractivity contribution in [2.45, 2.75) is 18.9 Å². The summed E-state index contributed by atoms with van der Waals surface area (Å²) in [6, 6.07) is 9.67. The summed E-state index contributed by atoms with van der Waals surface area (Å²) in [7, 11) is 0. The van der Waals surface area contributed by atoms with E-state index in [1.165, 1.54) is 6.26 Å². The van der Waals surface area contributed by atoms with E-state index in [0.717, 1.165) is 24.9 Å². The number of hydrogen-bond acceptors (Lipinski definition) is 4. The molecule has 0 radical (unpaired) electrons. The van der Waals surface area contributed by atoms with Gasteiger partial charge in [-0.1, -0.05) is 18.2 Å². The number of carbonyl (C=O) groups excluding carboxylic acids is 1. The van der Waals surface area contributed by atoms with E-state index >= 15 is 0 Å². The molecule has 5 heteroatoms. The molecule has 2 N–H and O–H groups in total. The maximum Gasteiger partial charge on any atom is 0.276 e. The molecule has 0 aliphatic carbocycles. The molecular weight excluding hydrogens is 254 g/mol. The van der Waals surface area contributed by atoms with Crippen LogP contribution in [0.2, 0.25) is 0 Å². The Morgan fingerprint density at radius 3 is 2.95 bits per heavy atom. The van der Waals surface area contributed by atoms with Crippen molar-refractivity contribution in [3.8, 4) is 11.5 Å². The normalized spacial score (nSPS) is 18.4. The fourth-order valence-electron chi connectivity index (χ4n) is 2.58. The molecule has 0 saturated carbocycles. The molecule has 20 heavy (non-hydrogen) atoms. The second-order valence-electron chi connectivity index (χ2n) is 4.93. The maximum atomic E-state index is 12.4. The molecule has 1 aromatic carbocycles. The van der Waals surface area contributed by atoms with Crippen LogP contribution in [0.25, 0.3) is 11.5 Å². The molecule has 2 heterocycles. The molecule has 1 fully saturated rings. The standard InChI is InChI=1S/C15H17N3O2/c16-9-12-7-4-8-18(12)15(19)13-10-20-14(17-13)11-5-2-1-3-6-11/h1-3,5-6,10,12H,4,7-9,16H2. The predicted octanol–water partition coefficient (Wildman–Crippen LogP) is 1.90. The first-order chi connectivity index (χ1) is 9.79. The second kappa shape index (κ2) is 5.46. The second-order valence-corrected chi connectivity index (χ2v) is 4.93. The lowest BCUT2D eigenvalue weighted by Crippen LogP contribution is -2.40. The number of nitrogens with zero attached hydrogens (tertiary/aromatic N) is 2. The lowest BCUT2D eigenvalue weighted by molar-refractivity contribution is 0.0735. The van der Waals surface area contributed by atoms with Crippen LogP contribution in [0.3, 0.4) is 0 Å². The first-order valence-electron chi connectivity index (χ1n) is 6.81. The van der Waals surface area contributed by atoms with E-state index in [1.54, 1.807) is 4.90 Å².